The zero-order valence-electron chi connectivity index (χ0n) is 12.0. The quantitative estimate of drug-likeness (QED) is 0.848. The van der Waals surface area contributed by atoms with Crippen LogP contribution in [0, 0.1) is 11.6 Å². The minimum atomic E-state index is -0.297. The van der Waals surface area contributed by atoms with Crippen LogP contribution in [-0.4, -0.2) is 16.1 Å². The molecular weight excluding hydrogens is 304 g/mol. The molecule has 1 aliphatic heterocycles. The van der Waals surface area contributed by atoms with Crippen molar-refractivity contribution < 1.29 is 13.6 Å². The number of hydrogen-bond donors (Lipinski definition) is 0. The van der Waals surface area contributed by atoms with E-state index in [1.54, 1.807) is 40.9 Å². The van der Waals surface area contributed by atoms with Gasteiger partial charge in [-0.2, -0.15) is 0 Å². The maximum Gasteiger partial charge on any atom is 0.236 e. The van der Waals surface area contributed by atoms with Gasteiger partial charge < -0.3 is 4.90 Å². The number of carbonyl (C=O) groups is 1. The first-order chi connectivity index (χ1) is 10.5. The zero-order valence-corrected chi connectivity index (χ0v) is 12.8. The average Bonchev–Trinajstić information content (AvgIpc) is 2.79. The summed E-state index contributed by atoms with van der Waals surface area (Å²) >= 11 is 1.54. The number of halogens is 2. The third-order valence-electron chi connectivity index (χ3n) is 3.67. The Morgan fingerprint density at radius 2 is 1.55 bits per heavy atom. The molecule has 2 aromatic rings. The Morgan fingerprint density at radius 3 is 2.14 bits per heavy atom. The molecule has 0 saturated carbocycles. The monoisotopic (exact) mass is 319 g/mol. The number of thioether (sulfide) groups is 1. The van der Waals surface area contributed by atoms with Crippen molar-refractivity contribution in [2.45, 2.75) is 24.1 Å². The van der Waals surface area contributed by atoms with Gasteiger partial charge in [-0.15, -0.1) is 11.8 Å². The van der Waals surface area contributed by atoms with Crippen LogP contribution in [0.3, 0.4) is 0 Å². The summed E-state index contributed by atoms with van der Waals surface area (Å²) in [6.07, 6.45) is 0. The van der Waals surface area contributed by atoms with Gasteiger partial charge in [0.15, 0.2) is 0 Å². The molecule has 1 amide bonds. The highest BCUT2D eigenvalue weighted by Crippen LogP contribution is 2.43. The van der Waals surface area contributed by atoms with Gasteiger partial charge in [0.2, 0.25) is 5.91 Å². The van der Waals surface area contributed by atoms with E-state index in [2.05, 4.69) is 0 Å². The highest BCUT2D eigenvalue weighted by atomic mass is 32.2. The first-order valence-electron chi connectivity index (χ1n) is 7.00. The van der Waals surface area contributed by atoms with Crippen molar-refractivity contribution in [3.63, 3.8) is 0 Å². The summed E-state index contributed by atoms with van der Waals surface area (Å²) in [6, 6.07) is 12.3. The van der Waals surface area contributed by atoms with Crippen molar-refractivity contribution >= 4 is 17.7 Å². The molecular formula is C17H15F2NOS. The van der Waals surface area contributed by atoms with E-state index in [0.717, 1.165) is 11.1 Å². The van der Waals surface area contributed by atoms with E-state index in [9.17, 15) is 13.6 Å². The molecule has 114 valence electrons. The van der Waals surface area contributed by atoms with E-state index < -0.39 is 0 Å². The van der Waals surface area contributed by atoms with E-state index >= 15 is 0 Å². The van der Waals surface area contributed by atoms with Gasteiger partial charge in [0.1, 0.15) is 17.0 Å². The normalized spacial score (nSPS) is 21.4. The Bertz CT molecular complexity index is 672. The molecule has 0 unspecified atom stereocenters. The van der Waals surface area contributed by atoms with Crippen LogP contribution in [0.15, 0.2) is 48.5 Å². The fourth-order valence-corrected chi connectivity index (χ4v) is 3.79. The van der Waals surface area contributed by atoms with E-state index in [0.29, 0.717) is 6.54 Å². The first kappa shape index (κ1) is 15.0. The predicted octanol–water partition coefficient (Wildman–Crippen LogP) is 4.13. The number of hydrogen-bond acceptors (Lipinski definition) is 2. The van der Waals surface area contributed by atoms with Crippen LogP contribution in [-0.2, 0) is 11.3 Å². The second-order valence-electron chi connectivity index (χ2n) is 5.27. The summed E-state index contributed by atoms with van der Waals surface area (Å²) in [5.41, 5.74) is 1.77. The minimum Gasteiger partial charge on any atom is -0.321 e. The van der Waals surface area contributed by atoms with Gasteiger partial charge >= 0.3 is 0 Å². The van der Waals surface area contributed by atoms with Gasteiger partial charge in [0.05, 0.1) is 5.25 Å². The third kappa shape index (κ3) is 2.99. The van der Waals surface area contributed by atoms with Crippen LogP contribution < -0.4 is 0 Å². The van der Waals surface area contributed by atoms with Crippen molar-refractivity contribution in [2.24, 2.45) is 0 Å². The third-order valence-corrected chi connectivity index (χ3v) is 5.06. The van der Waals surface area contributed by atoms with E-state index in [4.69, 9.17) is 0 Å². The molecule has 5 heteroatoms. The summed E-state index contributed by atoms with van der Waals surface area (Å²) in [5, 5.41) is -0.288. The molecule has 2 atom stereocenters. The average molecular weight is 319 g/mol. The maximum atomic E-state index is 13.1. The van der Waals surface area contributed by atoms with Crippen molar-refractivity contribution in [1.29, 1.82) is 0 Å². The lowest BCUT2D eigenvalue weighted by atomic mass is 10.1. The van der Waals surface area contributed by atoms with Crippen LogP contribution in [0.1, 0.15) is 23.4 Å². The molecule has 0 aromatic heterocycles. The molecule has 22 heavy (non-hydrogen) atoms. The van der Waals surface area contributed by atoms with Gasteiger partial charge in [0, 0.05) is 6.54 Å². The SMILES string of the molecule is C[C@@H]1S[C@H](c2ccc(F)cc2)N(Cc2ccc(F)cc2)C1=O. The van der Waals surface area contributed by atoms with Crippen LogP contribution in [0.4, 0.5) is 8.78 Å². The molecule has 0 radical (unpaired) electrons. The number of nitrogens with zero attached hydrogens (tertiary/aromatic N) is 1. The Hall–Kier alpha value is -1.88. The maximum absolute atomic E-state index is 13.1. The van der Waals surface area contributed by atoms with Crippen LogP contribution >= 0.6 is 11.8 Å². The molecule has 3 rings (SSSR count). The van der Waals surface area contributed by atoms with E-state index in [-0.39, 0.29) is 28.2 Å². The molecule has 2 aromatic carbocycles. The largest absolute Gasteiger partial charge is 0.321 e. The minimum absolute atomic E-state index is 0.0450. The molecule has 2 nitrogen and oxygen atoms in total. The first-order valence-corrected chi connectivity index (χ1v) is 7.95. The molecule has 1 aliphatic rings. The number of carbonyl (C=O) groups excluding carboxylic acids is 1. The number of rotatable bonds is 3. The van der Waals surface area contributed by atoms with Gasteiger partial charge in [-0.1, -0.05) is 24.3 Å². The van der Waals surface area contributed by atoms with Crippen molar-refractivity contribution in [3.05, 3.63) is 71.3 Å². The fourth-order valence-electron chi connectivity index (χ4n) is 2.51. The Balaban J connectivity index is 1.86. The van der Waals surface area contributed by atoms with Crippen LogP contribution in [0.5, 0.6) is 0 Å². The van der Waals surface area contributed by atoms with E-state index in [1.807, 2.05) is 6.92 Å². The topological polar surface area (TPSA) is 20.3 Å². The zero-order chi connectivity index (χ0) is 15.7. The van der Waals surface area contributed by atoms with Gasteiger partial charge in [-0.3, -0.25) is 4.79 Å². The smallest absolute Gasteiger partial charge is 0.236 e. The standard InChI is InChI=1S/C17H15F2NOS/c1-11-16(21)20(10-12-2-6-14(18)7-3-12)17(22-11)13-4-8-15(19)9-5-13/h2-9,11,17H,10H2,1H3/t11-,17+/m0/s1. The Morgan fingerprint density at radius 1 is 1.00 bits per heavy atom. The van der Waals surface area contributed by atoms with Crippen LogP contribution in [0.2, 0.25) is 0 Å². The summed E-state index contributed by atoms with van der Waals surface area (Å²) in [6.45, 7) is 2.28. The molecule has 0 spiro atoms. The summed E-state index contributed by atoms with van der Waals surface area (Å²) < 4.78 is 26.1. The lowest BCUT2D eigenvalue weighted by molar-refractivity contribution is -0.130. The predicted molar refractivity (Wildman–Crippen MR) is 83.1 cm³/mol. The molecule has 0 aliphatic carbocycles. The van der Waals surface area contributed by atoms with Crippen molar-refractivity contribution in [2.75, 3.05) is 0 Å². The lowest BCUT2D eigenvalue weighted by Gasteiger charge is -2.24. The molecule has 0 bridgehead atoms. The Labute approximate surface area is 132 Å². The second kappa shape index (κ2) is 6.08. The summed E-state index contributed by atoms with van der Waals surface area (Å²) in [4.78, 5) is 14.1. The van der Waals surface area contributed by atoms with Crippen molar-refractivity contribution in [3.8, 4) is 0 Å². The fraction of sp³-hybridized carbons (Fsp3) is 0.235. The second-order valence-corrected chi connectivity index (χ2v) is 6.70. The summed E-state index contributed by atoms with van der Waals surface area (Å²) in [5.74, 6) is -0.547. The molecule has 1 heterocycles. The Kier molecular flexibility index (Phi) is 4.16. The van der Waals surface area contributed by atoms with E-state index in [1.165, 1.54) is 24.3 Å². The summed E-state index contributed by atoms with van der Waals surface area (Å²) in [7, 11) is 0. The van der Waals surface area contributed by atoms with Gasteiger partial charge in [0.25, 0.3) is 0 Å². The molecule has 1 saturated heterocycles. The number of amides is 1. The van der Waals surface area contributed by atoms with Crippen LogP contribution in [0.25, 0.3) is 0 Å². The molecule has 1 fully saturated rings. The highest BCUT2D eigenvalue weighted by Gasteiger charge is 2.38. The van der Waals surface area contributed by atoms with Gasteiger partial charge in [-0.05, 0) is 42.3 Å². The lowest BCUT2D eigenvalue weighted by Crippen LogP contribution is -2.29. The number of benzene rings is 2. The van der Waals surface area contributed by atoms with Gasteiger partial charge in [-0.25, -0.2) is 8.78 Å². The highest BCUT2D eigenvalue weighted by molar-refractivity contribution is 8.01. The molecule has 0 N–H and O–H groups in total. The van der Waals surface area contributed by atoms with Crippen molar-refractivity contribution in [1.82, 2.24) is 4.90 Å².